The van der Waals surface area contributed by atoms with Crippen LogP contribution in [0.15, 0.2) is 77.9 Å². The molecule has 0 radical (unpaired) electrons. The van der Waals surface area contributed by atoms with Gasteiger partial charge in [-0.1, -0.05) is 65.7 Å². The normalized spacial score (nSPS) is 16.6. The smallest absolute Gasteiger partial charge is 0.240 e. The molecule has 38 heavy (non-hydrogen) atoms. The molecule has 1 saturated heterocycles. The number of amides is 1. The van der Waals surface area contributed by atoms with Crippen molar-refractivity contribution in [2.24, 2.45) is 5.73 Å². The minimum Gasteiger partial charge on any atom is -0.495 e. The number of hydrogen-bond donors (Lipinski definition) is 1. The van der Waals surface area contributed by atoms with Gasteiger partial charge in [0.2, 0.25) is 5.91 Å². The highest BCUT2D eigenvalue weighted by molar-refractivity contribution is 6.32. The van der Waals surface area contributed by atoms with E-state index >= 15 is 0 Å². The molecule has 2 N–H and O–H groups in total. The molecule has 6 nitrogen and oxygen atoms in total. The first kappa shape index (κ1) is 27.5. The second-order valence-electron chi connectivity index (χ2n) is 8.95. The lowest BCUT2D eigenvalue weighted by atomic mass is 9.93. The van der Waals surface area contributed by atoms with Gasteiger partial charge < -0.3 is 20.1 Å². The summed E-state index contributed by atoms with van der Waals surface area (Å²) in [6, 6.07) is 19.4. The first-order valence-electron chi connectivity index (χ1n) is 12.0. The predicted molar refractivity (Wildman–Crippen MR) is 152 cm³/mol. The molecule has 1 heterocycles. The maximum absolute atomic E-state index is 13.6. The fourth-order valence-electron chi connectivity index (χ4n) is 4.33. The first-order valence-corrected chi connectivity index (χ1v) is 12.8. The average Bonchev–Trinajstić information content (AvgIpc) is 2.91. The molecule has 1 atom stereocenters. The summed E-state index contributed by atoms with van der Waals surface area (Å²) in [7, 11) is 3.07. The highest BCUT2D eigenvalue weighted by Crippen LogP contribution is 2.30. The minimum atomic E-state index is -0.751. The van der Waals surface area contributed by atoms with Gasteiger partial charge in [-0.15, -0.1) is 0 Å². The van der Waals surface area contributed by atoms with Crippen LogP contribution in [0, 0.1) is 0 Å². The van der Waals surface area contributed by atoms with Crippen LogP contribution < -0.4 is 15.2 Å². The number of likely N-dealkylation sites (tertiary alicyclic amines) is 1. The van der Waals surface area contributed by atoms with Crippen LogP contribution in [0.1, 0.15) is 16.7 Å². The monoisotopic (exact) mass is 550 g/mol. The summed E-state index contributed by atoms with van der Waals surface area (Å²) < 4.78 is 10.5. The van der Waals surface area contributed by atoms with Crippen LogP contribution in [-0.2, 0) is 16.0 Å². The summed E-state index contributed by atoms with van der Waals surface area (Å²) in [6.07, 6.45) is 3.87. The molecular formula is C30H28Cl2N2O4. The van der Waals surface area contributed by atoms with Gasteiger partial charge in [0.05, 0.1) is 30.3 Å². The summed E-state index contributed by atoms with van der Waals surface area (Å²) in [4.78, 5) is 28.6. The van der Waals surface area contributed by atoms with Gasteiger partial charge in [-0.05, 0) is 59.5 Å². The molecule has 1 aliphatic heterocycles. The van der Waals surface area contributed by atoms with Crippen LogP contribution in [0.5, 0.6) is 11.5 Å². The maximum atomic E-state index is 13.6. The zero-order valence-electron chi connectivity index (χ0n) is 21.1. The zero-order chi connectivity index (χ0) is 27.2. The molecule has 8 heteroatoms. The van der Waals surface area contributed by atoms with Crippen LogP contribution >= 0.6 is 23.2 Å². The van der Waals surface area contributed by atoms with E-state index in [4.69, 9.17) is 38.4 Å². The number of benzene rings is 3. The number of halogens is 2. The van der Waals surface area contributed by atoms with E-state index in [0.29, 0.717) is 50.2 Å². The number of methoxy groups -OCH3 is 2. The van der Waals surface area contributed by atoms with Crippen molar-refractivity contribution in [3.63, 3.8) is 0 Å². The van der Waals surface area contributed by atoms with E-state index in [-0.39, 0.29) is 24.8 Å². The highest BCUT2D eigenvalue weighted by Gasteiger charge is 2.31. The molecule has 3 aromatic rings. The van der Waals surface area contributed by atoms with E-state index in [0.717, 1.165) is 5.56 Å². The molecule has 4 rings (SSSR count). The van der Waals surface area contributed by atoms with E-state index in [9.17, 15) is 9.59 Å². The Morgan fingerprint density at radius 2 is 1.39 bits per heavy atom. The van der Waals surface area contributed by atoms with Crippen molar-refractivity contribution in [3.8, 4) is 11.5 Å². The van der Waals surface area contributed by atoms with Crippen molar-refractivity contribution < 1.29 is 19.1 Å². The lowest BCUT2D eigenvalue weighted by Gasteiger charge is -2.32. The van der Waals surface area contributed by atoms with Crippen LogP contribution in [0.2, 0.25) is 10.0 Å². The van der Waals surface area contributed by atoms with Gasteiger partial charge in [-0.3, -0.25) is 9.59 Å². The third kappa shape index (κ3) is 6.45. The third-order valence-corrected chi connectivity index (χ3v) is 6.86. The molecule has 1 aliphatic rings. The van der Waals surface area contributed by atoms with Crippen molar-refractivity contribution in [3.05, 3.63) is 105 Å². The Morgan fingerprint density at radius 3 is 1.84 bits per heavy atom. The van der Waals surface area contributed by atoms with E-state index < -0.39 is 6.04 Å². The number of ether oxygens (including phenoxy) is 2. The van der Waals surface area contributed by atoms with Gasteiger partial charge in [-0.2, -0.15) is 0 Å². The second kappa shape index (κ2) is 12.3. The Labute approximate surface area is 232 Å². The Bertz CT molecular complexity index is 1330. The fraction of sp³-hybridized carbons (Fsp3) is 0.200. The van der Waals surface area contributed by atoms with E-state index in [1.807, 2.05) is 30.3 Å². The molecule has 0 spiro atoms. The molecule has 1 amide bonds. The number of carbonyl (C=O) groups is 2. The minimum absolute atomic E-state index is 0.129. The van der Waals surface area contributed by atoms with Crippen LogP contribution in [0.4, 0.5) is 0 Å². The van der Waals surface area contributed by atoms with Gasteiger partial charge in [0.25, 0.3) is 0 Å². The number of hydrogen-bond acceptors (Lipinski definition) is 5. The standard InChI is InChI=1S/C30H28Cl2N2O4/c1-37-27-10-8-20(14-24(27)31)12-22-17-34(30(36)26(33)16-19-6-4-3-5-7-19)18-23(29(22)35)13-21-9-11-28(38-2)25(32)15-21/h3-15,26H,16-18,33H2,1-2H3/b22-12+,23-13+/t26-/m0/s1. The van der Waals surface area contributed by atoms with Gasteiger partial charge in [-0.25, -0.2) is 0 Å². The summed E-state index contributed by atoms with van der Waals surface area (Å²) in [5.74, 6) is 0.664. The first-order chi connectivity index (χ1) is 18.3. The van der Waals surface area contributed by atoms with Gasteiger partial charge in [0.1, 0.15) is 11.5 Å². The quantitative estimate of drug-likeness (QED) is 0.395. The molecule has 3 aromatic carbocycles. The summed E-state index contributed by atoms with van der Waals surface area (Å²) in [5, 5.41) is 0.845. The SMILES string of the molecule is COc1ccc(/C=C2\CN(C(=O)[C@@H](N)Cc3ccccc3)C/C(=C\c3ccc(OC)c(Cl)c3)C2=O)cc1Cl. The maximum Gasteiger partial charge on any atom is 0.240 e. The molecule has 0 saturated carbocycles. The lowest BCUT2D eigenvalue weighted by molar-refractivity contribution is -0.132. The molecule has 0 bridgehead atoms. The largest absolute Gasteiger partial charge is 0.495 e. The second-order valence-corrected chi connectivity index (χ2v) is 9.76. The van der Waals surface area contributed by atoms with Crippen molar-refractivity contribution >= 4 is 47.0 Å². The Balaban J connectivity index is 1.68. The molecule has 196 valence electrons. The predicted octanol–water partition coefficient (Wildman–Crippen LogP) is 5.46. The number of rotatable bonds is 7. The van der Waals surface area contributed by atoms with Crippen molar-refractivity contribution in [1.29, 1.82) is 0 Å². The van der Waals surface area contributed by atoms with Crippen molar-refractivity contribution in [2.75, 3.05) is 27.3 Å². The highest BCUT2D eigenvalue weighted by atomic mass is 35.5. The summed E-state index contributed by atoms with van der Waals surface area (Å²) in [6.45, 7) is 0.259. The molecule has 1 fully saturated rings. The van der Waals surface area contributed by atoms with Crippen LogP contribution in [0.3, 0.4) is 0 Å². The average molecular weight is 551 g/mol. The molecule has 0 aromatic heterocycles. The van der Waals surface area contributed by atoms with E-state index in [2.05, 4.69) is 0 Å². The number of nitrogens with zero attached hydrogens (tertiary/aromatic N) is 1. The summed E-state index contributed by atoms with van der Waals surface area (Å²) >= 11 is 12.6. The van der Waals surface area contributed by atoms with E-state index in [1.54, 1.807) is 53.5 Å². The Kier molecular flexibility index (Phi) is 8.89. The molecule has 0 unspecified atom stereocenters. The summed E-state index contributed by atoms with van der Waals surface area (Å²) in [5.41, 5.74) is 9.63. The Morgan fingerprint density at radius 1 is 0.895 bits per heavy atom. The van der Waals surface area contributed by atoms with Gasteiger partial charge in [0.15, 0.2) is 5.78 Å². The lowest BCUT2D eigenvalue weighted by Crippen LogP contribution is -2.49. The zero-order valence-corrected chi connectivity index (χ0v) is 22.6. The van der Waals surface area contributed by atoms with Gasteiger partial charge in [0, 0.05) is 24.2 Å². The van der Waals surface area contributed by atoms with E-state index in [1.165, 1.54) is 14.2 Å². The van der Waals surface area contributed by atoms with Crippen LogP contribution in [-0.4, -0.2) is 49.9 Å². The van der Waals surface area contributed by atoms with Gasteiger partial charge >= 0.3 is 0 Å². The number of piperidine rings is 1. The van der Waals surface area contributed by atoms with Crippen molar-refractivity contribution in [1.82, 2.24) is 4.90 Å². The Hall–Kier alpha value is -3.58. The molecular weight excluding hydrogens is 523 g/mol. The number of carbonyl (C=O) groups excluding carboxylic acids is 2. The number of nitrogens with two attached hydrogens (primary N) is 1. The fourth-order valence-corrected chi connectivity index (χ4v) is 4.86. The molecule has 0 aliphatic carbocycles. The van der Waals surface area contributed by atoms with Crippen molar-refractivity contribution in [2.45, 2.75) is 12.5 Å². The third-order valence-electron chi connectivity index (χ3n) is 6.27. The topological polar surface area (TPSA) is 81.9 Å². The number of ketones is 1. The van der Waals surface area contributed by atoms with Crippen LogP contribution in [0.25, 0.3) is 12.2 Å². The number of Topliss-reactive ketones (excluding diaryl/α,β-unsaturated/α-hetero) is 1.